The molecule has 1 heterocycles. The second-order valence-corrected chi connectivity index (χ2v) is 5.03. The van der Waals surface area contributed by atoms with Crippen molar-refractivity contribution in [3.8, 4) is 6.07 Å². The predicted molar refractivity (Wildman–Crippen MR) is 59.8 cm³/mol. The third-order valence-electron chi connectivity index (χ3n) is 2.29. The molecule has 0 aromatic heterocycles. The maximum atomic E-state index is 11.5. The van der Waals surface area contributed by atoms with Gasteiger partial charge >= 0.3 is 6.09 Å². The van der Waals surface area contributed by atoms with E-state index in [9.17, 15) is 4.79 Å². The maximum absolute atomic E-state index is 11.5. The molecule has 16 heavy (non-hydrogen) atoms. The van der Waals surface area contributed by atoms with Gasteiger partial charge in [-0.15, -0.1) is 0 Å². The molecule has 5 heteroatoms. The molecular formula is C11H19N3O2. The topological polar surface area (TPSA) is 65.4 Å². The van der Waals surface area contributed by atoms with Gasteiger partial charge in [-0.3, -0.25) is 4.90 Å². The molecule has 1 saturated heterocycles. The van der Waals surface area contributed by atoms with Crippen LogP contribution < -0.4 is 5.32 Å². The van der Waals surface area contributed by atoms with Crippen molar-refractivity contribution in [3.63, 3.8) is 0 Å². The number of hydrogen-bond donors (Lipinski definition) is 1. The van der Waals surface area contributed by atoms with Gasteiger partial charge in [-0.2, -0.15) is 5.26 Å². The van der Waals surface area contributed by atoms with E-state index in [-0.39, 0.29) is 12.1 Å². The number of amides is 1. The molecule has 1 atom stereocenters. The minimum atomic E-state index is -0.463. The monoisotopic (exact) mass is 225 g/mol. The summed E-state index contributed by atoms with van der Waals surface area (Å²) in [4.78, 5) is 13.5. The van der Waals surface area contributed by atoms with E-state index in [0.29, 0.717) is 6.54 Å². The average Bonchev–Trinajstić information content (AvgIpc) is 2.49. The number of carbonyl (C=O) groups is 1. The van der Waals surface area contributed by atoms with Gasteiger partial charge in [0.2, 0.25) is 0 Å². The van der Waals surface area contributed by atoms with E-state index in [1.54, 1.807) is 0 Å². The molecule has 1 rings (SSSR count). The number of nitriles is 1. The Bertz CT molecular complexity index is 291. The zero-order chi connectivity index (χ0) is 12.2. The predicted octanol–water partition coefficient (Wildman–Crippen LogP) is 1.11. The van der Waals surface area contributed by atoms with Crippen molar-refractivity contribution in [2.75, 3.05) is 19.6 Å². The molecule has 0 aromatic rings. The average molecular weight is 225 g/mol. The lowest BCUT2D eigenvalue weighted by Gasteiger charge is -2.21. The quantitative estimate of drug-likeness (QED) is 0.715. The lowest BCUT2D eigenvalue weighted by Crippen LogP contribution is -2.40. The third kappa shape index (κ3) is 4.49. The first-order valence-corrected chi connectivity index (χ1v) is 5.49. The number of nitrogens with one attached hydrogen (secondary N) is 1. The summed E-state index contributed by atoms with van der Waals surface area (Å²) in [6.07, 6.45) is 0.497. The van der Waals surface area contributed by atoms with Crippen molar-refractivity contribution in [3.05, 3.63) is 0 Å². The van der Waals surface area contributed by atoms with Gasteiger partial charge in [0.15, 0.2) is 0 Å². The first-order valence-electron chi connectivity index (χ1n) is 5.49. The Balaban J connectivity index is 2.29. The second-order valence-electron chi connectivity index (χ2n) is 5.03. The Morgan fingerprint density at radius 1 is 1.62 bits per heavy atom. The van der Waals surface area contributed by atoms with Gasteiger partial charge < -0.3 is 10.1 Å². The van der Waals surface area contributed by atoms with Gasteiger partial charge in [-0.05, 0) is 27.2 Å². The molecule has 0 spiro atoms. The van der Waals surface area contributed by atoms with Crippen LogP contribution in [-0.2, 0) is 4.74 Å². The molecule has 90 valence electrons. The first-order chi connectivity index (χ1) is 7.40. The number of likely N-dealkylation sites (tertiary alicyclic amines) is 1. The van der Waals surface area contributed by atoms with Gasteiger partial charge in [0.05, 0.1) is 12.6 Å². The van der Waals surface area contributed by atoms with Crippen molar-refractivity contribution < 1.29 is 9.53 Å². The summed E-state index contributed by atoms with van der Waals surface area (Å²) >= 11 is 0. The molecule has 1 aliphatic rings. The van der Waals surface area contributed by atoms with Crippen molar-refractivity contribution >= 4 is 6.09 Å². The zero-order valence-corrected chi connectivity index (χ0v) is 10.1. The largest absolute Gasteiger partial charge is 0.444 e. The Hall–Kier alpha value is -1.28. The third-order valence-corrected chi connectivity index (χ3v) is 2.29. The summed E-state index contributed by atoms with van der Waals surface area (Å²) in [6, 6.07) is 2.20. The van der Waals surface area contributed by atoms with E-state index in [2.05, 4.69) is 11.4 Å². The highest BCUT2D eigenvalue weighted by molar-refractivity contribution is 5.68. The number of rotatable bonds is 2. The van der Waals surface area contributed by atoms with Crippen LogP contribution in [0.1, 0.15) is 27.2 Å². The minimum absolute atomic E-state index is 0.100. The van der Waals surface area contributed by atoms with E-state index in [1.807, 2.05) is 25.7 Å². The Labute approximate surface area is 96.4 Å². The Morgan fingerprint density at radius 3 is 2.88 bits per heavy atom. The van der Waals surface area contributed by atoms with Crippen LogP contribution in [0, 0.1) is 11.3 Å². The summed E-state index contributed by atoms with van der Waals surface area (Å²) in [5.74, 6) is 0. The van der Waals surface area contributed by atoms with Crippen LogP contribution in [-0.4, -0.2) is 42.3 Å². The number of alkyl carbamates (subject to hydrolysis) is 1. The SMILES string of the molecule is CC(C)(C)OC(=O)N[C@H]1CCN(CC#N)C1. The fourth-order valence-corrected chi connectivity index (χ4v) is 1.67. The molecule has 0 aliphatic carbocycles. The fraction of sp³-hybridized carbons (Fsp3) is 0.818. The standard InChI is InChI=1S/C11H19N3O2/c1-11(2,3)16-10(15)13-9-4-6-14(8-9)7-5-12/h9H,4,6-8H2,1-3H3,(H,13,15)/t9-/m0/s1. The van der Waals surface area contributed by atoms with E-state index in [0.717, 1.165) is 19.5 Å². The molecule has 0 aromatic carbocycles. The highest BCUT2D eigenvalue weighted by Gasteiger charge is 2.25. The Morgan fingerprint density at radius 2 is 2.31 bits per heavy atom. The van der Waals surface area contributed by atoms with Crippen LogP contribution in [0.25, 0.3) is 0 Å². The molecule has 5 nitrogen and oxygen atoms in total. The molecule has 1 N–H and O–H groups in total. The highest BCUT2D eigenvalue weighted by Crippen LogP contribution is 2.11. The van der Waals surface area contributed by atoms with Gasteiger partial charge in [0.25, 0.3) is 0 Å². The molecule has 1 amide bonds. The summed E-state index contributed by atoms with van der Waals surface area (Å²) in [5.41, 5.74) is -0.463. The Kier molecular flexibility index (Phi) is 4.13. The van der Waals surface area contributed by atoms with Crippen LogP contribution in [0.2, 0.25) is 0 Å². The second kappa shape index (κ2) is 5.17. The number of nitrogens with zero attached hydrogens (tertiary/aromatic N) is 2. The fourth-order valence-electron chi connectivity index (χ4n) is 1.67. The lowest BCUT2D eigenvalue weighted by molar-refractivity contribution is 0.0506. The van der Waals surface area contributed by atoms with Crippen molar-refractivity contribution in [1.82, 2.24) is 10.2 Å². The normalized spacial score (nSPS) is 21.5. The molecule has 0 bridgehead atoms. The lowest BCUT2D eigenvalue weighted by atomic mass is 10.2. The first kappa shape index (κ1) is 12.8. The number of carbonyl (C=O) groups excluding carboxylic acids is 1. The highest BCUT2D eigenvalue weighted by atomic mass is 16.6. The maximum Gasteiger partial charge on any atom is 0.407 e. The smallest absolute Gasteiger partial charge is 0.407 e. The number of hydrogen-bond acceptors (Lipinski definition) is 4. The van der Waals surface area contributed by atoms with E-state index in [4.69, 9.17) is 10.00 Å². The van der Waals surface area contributed by atoms with Gasteiger partial charge in [0.1, 0.15) is 5.60 Å². The molecule has 0 saturated carbocycles. The number of ether oxygens (including phenoxy) is 1. The van der Waals surface area contributed by atoms with E-state index < -0.39 is 5.60 Å². The van der Waals surface area contributed by atoms with E-state index >= 15 is 0 Å². The minimum Gasteiger partial charge on any atom is -0.444 e. The van der Waals surface area contributed by atoms with Gasteiger partial charge in [-0.25, -0.2) is 4.79 Å². The molecule has 0 radical (unpaired) electrons. The van der Waals surface area contributed by atoms with Crippen LogP contribution >= 0.6 is 0 Å². The van der Waals surface area contributed by atoms with Gasteiger partial charge in [0, 0.05) is 19.1 Å². The zero-order valence-electron chi connectivity index (χ0n) is 10.1. The van der Waals surface area contributed by atoms with Crippen LogP contribution in [0.3, 0.4) is 0 Å². The molecular weight excluding hydrogens is 206 g/mol. The van der Waals surface area contributed by atoms with Crippen molar-refractivity contribution in [1.29, 1.82) is 5.26 Å². The molecule has 1 aliphatic heterocycles. The summed E-state index contributed by atoms with van der Waals surface area (Å²) in [6.45, 7) is 7.52. The summed E-state index contributed by atoms with van der Waals surface area (Å²) in [7, 11) is 0. The molecule has 1 fully saturated rings. The van der Waals surface area contributed by atoms with Crippen LogP contribution in [0.5, 0.6) is 0 Å². The van der Waals surface area contributed by atoms with Crippen molar-refractivity contribution in [2.45, 2.75) is 38.8 Å². The van der Waals surface area contributed by atoms with Gasteiger partial charge in [-0.1, -0.05) is 0 Å². The van der Waals surface area contributed by atoms with Crippen LogP contribution in [0.4, 0.5) is 4.79 Å². The molecule has 0 unspecified atom stereocenters. The van der Waals surface area contributed by atoms with Crippen molar-refractivity contribution in [2.24, 2.45) is 0 Å². The van der Waals surface area contributed by atoms with E-state index in [1.165, 1.54) is 0 Å². The summed E-state index contributed by atoms with van der Waals surface area (Å²) < 4.78 is 5.16. The summed E-state index contributed by atoms with van der Waals surface area (Å²) in [5, 5.41) is 11.4. The van der Waals surface area contributed by atoms with Crippen LogP contribution in [0.15, 0.2) is 0 Å².